The van der Waals surface area contributed by atoms with Gasteiger partial charge in [0.2, 0.25) is 11.0 Å². The lowest BCUT2D eigenvalue weighted by Crippen LogP contribution is -2.14. The quantitative estimate of drug-likeness (QED) is 0.225. The molecule has 1 N–H and O–H groups in total. The highest BCUT2D eigenvalue weighted by molar-refractivity contribution is 8.00. The number of nitrogens with one attached hydrogen (secondary N) is 1. The van der Waals surface area contributed by atoms with Crippen molar-refractivity contribution in [2.45, 2.75) is 5.03 Å². The van der Waals surface area contributed by atoms with Gasteiger partial charge in [-0.1, -0.05) is 95.9 Å². The van der Waals surface area contributed by atoms with E-state index in [1.807, 2.05) is 91.0 Å². The van der Waals surface area contributed by atoms with Crippen molar-refractivity contribution >= 4 is 34.1 Å². The molecule has 1 amide bonds. The molecule has 0 spiro atoms. The molecule has 0 fully saturated rings. The summed E-state index contributed by atoms with van der Waals surface area (Å²) in [6.07, 6.45) is 0. The summed E-state index contributed by atoms with van der Waals surface area (Å²) in [6, 6.07) is 31.1. The summed E-state index contributed by atoms with van der Waals surface area (Å²) < 4.78 is 5.28. The molecule has 3 aromatic carbocycles. The first-order valence-electron chi connectivity index (χ1n) is 11.6. The minimum Gasteiger partial charge on any atom is -0.497 e. The predicted molar refractivity (Wildman–Crippen MR) is 151 cm³/mol. The second kappa shape index (κ2) is 11.7. The zero-order chi connectivity index (χ0) is 26.3. The first-order valence-corrected chi connectivity index (χ1v) is 13.4. The van der Waals surface area contributed by atoms with Gasteiger partial charge < -0.3 is 4.74 Å². The van der Waals surface area contributed by atoms with Gasteiger partial charge in [-0.15, -0.1) is 10.2 Å². The molecule has 0 saturated heterocycles. The van der Waals surface area contributed by atoms with E-state index >= 15 is 0 Å². The Morgan fingerprint density at radius 3 is 2.29 bits per heavy atom. The summed E-state index contributed by atoms with van der Waals surface area (Å²) in [5.74, 6) is 0.526. The molecule has 0 aliphatic heterocycles. The Hall–Kier alpha value is -4.52. The fraction of sp³-hybridized carbons (Fsp3) is 0.0690. The van der Waals surface area contributed by atoms with E-state index in [0.717, 1.165) is 38.7 Å². The molecule has 0 saturated carbocycles. The molecule has 0 unspecified atom stereocenters. The van der Waals surface area contributed by atoms with Gasteiger partial charge in [-0.25, -0.2) is 4.98 Å². The first-order chi connectivity index (χ1) is 18.6. The average molecular weight is 536 g/mol. The molecular formula is C29H21N5O2S2. The maximum absolute atomic E-state index is 12.8. The van der Waals surface area contributed by atoms with Crippen LogP contribution in [0.25, 0.3) is 33.0 Å². The number of nitrogens with zero attached hydrogens (tertiary/aromatic N) is 4. The number of nitriles is 1. The fourth-order valence-electron chi connectivity index (χ4n) is 3.75. The standard InChI is InChI=1S/C29H21N5O2S2/c1-36-22-14-12-19(13-15-22)23-16-25(20-8-4-2-5-9-20)31-28(24(23)17-30)37-18-26(35)32-29-34-33-27(38-29)21-10-6-3-7-11-21/h2-16H,18H2,1H3,(H,32,34,35). The number of hydrogen-bond acceptors (Lipinski definition) is 8. The second-order valence-electron chi connectivity index (χ2n) is 8.06. The van der Waals surface area contributed by atoms with Gasteiger partial charge in [0, 0.05) is 16.7 Å². The Balaban J connectivity index is 1.40. The zero-order valence-electron chi connectivity index (χ0n) is 20.3. The van der Waals surface area contributed by atoms with Gasteiger partial charge in [0.15, 0.2) is 0 Å². The number of rotatable bonds is 8. The van der Waals surface area contributed by atoms with E-state index in [9.17, 15) is 10.1 Å². The van der Waals surface area contributed by atoms with Crippen LogP contribution in [0.3, 0.4) is 0 Å². The van der Waals surface area contributed by atoms with E-state index in [1.165, 1.54) is 23.1 Å². The summed E-state index contributed by atoms with van der Waals surface area (Å²) in [5, 5.41) is 22.8. The molecule has 2 heterocycles. The van der Waals surface area contributed by atoms with E-state index in [2.05, 4.69) is 21.6 Å². The zero-order valence-corrected chi connectivity index (χ0v) is 21.9. The Labute approximate surface area is 228 Å². The van der Waals surface area contributed by atoms with E-state index in [1.54, 1.807) is 7.11 Å². The summed E-state index contributed by atoms with van der Waals surface area (Å²) in [6.45, 7) is 0. The van der Waals surface area contributed by atoms with Crippen molar-refractivity contribution in [2.24, 2.45) is 0 Å². The third-order valence-electron chi connectivity index (χ3n) is 5.60. The van der Waals surface area contributed by atoms with Crippen LogP contribution >= 0.6 is 23.1 Å². The lowest BCUT2D eigenvalue weighted by Gasteiger charge is -2.13. The van der Waals surface area contributed by atoms with Gasteiger partial charge in [-0.2, -0.15) is 5.26 Å². The molecule has 0 aliphatic carbocycles. The number of hydrogen-bond donors (Lipinski definition) is 1. The normalized spacial score (nSPS) is 10.5. The van der Waals surface area contributed by atoms with Crippen molar-refractivity contribution in [1.29, 1.82) is 5.26 Å². The molecule has 2 aromatic heterocycles. The van der Waals surface area contributed by atoms with Crippen molar-refractivity contribution in [3.63, 3.8) is 0 Å². The van der Waals surface area contributed by atoms with Crippen LogP contribution in [0.15, 0.2) is 96.0 Å². The minimum atomic E-state index is -0.257. The molecule has 5 aromatic rings. The van der Waals surface area contributed by atoms with Gasteiger partial charge in [0.1, 0.15) is 21.9 Å². The minimum absolute atomic E-state index is 0.0578. The molecule has 0 aliphatic rings. The third-order valence-corrected chi connectivity index (χ3v) is 7.46. The van der Waals surface area contributed by atoms with Gasteiger partial charge in [0.25, 0.3) is 0 Å². The Morgan fingerprint density at radius 2 is 1.63 bits per heavy atom. The molecule has 0 bridgehead atoms. The maximum atomic E-state index is 12.8. The first kappa shape index (κ1) is 25.1. The van der Waals surface area contributed by atoms with Gasteiger partial charge in [-0.3, -0.25) is 10.1 Å². The number of anilines is 1. The number of thioether (sulfide) groups is 1. The highest BCUT2D eigenvalue weighted by Gasteiger charge is 2.18. The van der Waals surface area contributed by atoms with Crippen LogP contribution < -0.4 is 10.1 Å². The number of ether oxygens (including phenoxy) is 1. The number of carbonyl (C=O) groups is 1. The number of carbonyl (C=O) groups excluding carboxylic acids is 1. The molecule has 5 rings (SSSR count). The van der Waals surface area contributed by atoms with Crippen LogP contribution in [0, 0.1) is 11.3 Å². The molecule has 7 nitrogen and oxygen atoms in total. The third kappa shape index (κ3) is 5.72. The van der Waals surface area contributed by atoms with Crippen LogP contribution in [-0.2, 0) is 4.79 Å². The smallest absolute Gasteiger partial charge is 0.236 e. The summed E-state index contributed by atoms with van der Waals surface area (Å²) in [4.78, 5) is 17.6. The van der Waals surface area contributed by atoms with Crippen molar-refractivity contribution < 1.29 is 9.53 Å². The van der Waals surface area contributed by atoms with E-state index < -0.39 is 0 Å². The van der Waals surface area contributed by atoms with E-state index in [0.29, 0.717) is 15.7 Å². The number of amides is 1. The molecular weight excluding hydrogens is 514 g/mol. The monoisotopic (exact) mass is 535 g/mol. The van der Waals surface area contributed by atoms with Crippen LogP contribution in [0.5, 0.6) is 5.75 Å². The topological polar surface area (TPSA) is 101 Å². The Bertz CT molecular complexity index is 1600. The molecule has 0 atom stereocenters. The number of aromatic nitrogens is 3. The lowest BCUT2D eigenvalue weighted by molar-refractivity contribution is -0.113. The predicted octanol–water partition coefficient (Wildman–Crippen LogP) is 6.55. The van der Waals surface area contributed by atoms with Crippen molar-refractivity contribution in [3.8, 4) is 44.8 Å². The molecule has 9 heteroatoms. The lowest BCUT2D eigenvalue weighted by atomic mass is 9.99. The van der Waals surface area contributed by atoms with Crippen LogP contribution in [-0.4, -0.2) is 34.0 Å². The summed E-state index contributed by atoms with van der Waals surface area (Å²) in [7, 11) is 1.61. The number of methoxy groups -OCH3 is 1. The van der Waals surface area contributed by atoms with Crippen molar-refractivity contribution in [3.05, 3.63) is 96.6 Å². The van der Waals surface area contributed by atoms with Gasteiger partial charge in [0.05, 0.1) is 24.1 Å². The van der Waals surface area contributed by atoms with E-state index in [4.69, 9.17) is 9.72 Å². The van der Waals surface area contributed by atoms with E-state index in [-0.39, 0.29) is 11.7 Å². The van der Waals surface area contributed by atoms with Crippen molar-refractivity contribution in [2.75, 3.05) is 18.2 Å². The summed E-state index contributed by atoms with van der Waals surface area (Å²) >= 11 is 2.52. The van der Waals surface area contributed by atoms with Crippen LogP contribution in [0.4, 0.5) is 5.13 Å². The highest BCUT2D eigenvalue weighted by Crippen LogP contribution is 2.35. The van der Waals surface area contributed by atoms with Gasteiger partial charge >= 0.3 is 0 Å². The molecule has 186 valence electrons. The maximum Gasteiger partial charge on any atom is 0.236 e. The highest BCUT2D eigenvalue weighted by atomic mass is 32.2. The van der Waals surface area contributed by atoms with Gasteiger partial charge in [-0.05, 0) is 23.8 Å². The largest absolute Gasteiger partial charge is 0.497 e. The molecule has 0 radical (unpaired) electrons. The van der Waals surface area contributed by atoms with Crippen LogP contribution in [0.2, 0.25) is 0 Å². The average Bonchev–Trinajstić information content (AvgIpc) is 3.45. The second-order valence-corrected chi connectivity index (χ2v) is 10.00. The number of pyridine rings is 1. The van der Waals surface area contributed by atoms with Crippen molar-refractivity contribution in [1.82, 2.24) is 15.2 Å². The van der Waals surface area contributed by atoms with Crippen LogP contribution in [0.1, 0.15) is 5.56 Å². The SMILES string of the molecule is COc1ccc(-c2cc(-c3ccccc3)nc(SCC(=O)Nc3nnc(-c4ccccc4)s3)c2C#N)cc1. The summed E-state index contributed by atoms with van der Waals surface area (Å²) in [5.41, 5.74) is 4.58. The molecule has 38 heavy (non-hydrogen) atoms. The fourth-order valence-corrected chi connectivity index (χ4v) is 5.32. The Kier molecular flexibility index (Phi) is 7.73. The number of benzene rings is 3. The Morgan fingerprint density at radius 1 is 0.947 bits per heavy atom.